The molecule has 0 saturated carbocycles. The zero-order valence-electron chi connectivity index (χ0n) is 22.9. The molecule has 0 bridgehead atoms. The van der Waals surface area contributed by atoms with Crippen LogP contribution in [0.4, 0.5) is 9.59 Å². The van der Waals surface area contributed by atoms with Crippen LogP contribution in [0.1, 0.15) is 142 Å². The van der Waals surface area contributed by atoms with Gasteiger partial charge in [0.15, 0.2) is 6.67 Å². The molecule has 202 valence electrons. The minimum Gasteiger partial charge on any atom is -1.00 e. The zero-order valence-corrected chi connectivity index (χ0v) is 23.6. The first-order valence-corrected chi connectivity index (χ1v) is 14.5. The molecule has 1 fully saturated rings. The number of unbranched alkanes of at least 4 members (excludes halogenated alkanes) is 18. The van der Waals surface area contributed by atoms with Gasteiger partial charge in [0, 0.05) is 13.6 Å². The fourth-order valence-corrected chi connectivity index (χ4v) is 4.88. The van der Waals surface area contributed by atoms with Crippen molar-refractivity contribution in [2.24, 2.45) is 0 Å². The molecule has 0 aromatic rings. The van der Waals surface area contributed by atoms with Crippen LogP contribution in [0.5, 0.6) is 0 Å². The first-order chi connectivity index (χ1) is 16.1. The number of amides is 4. The summed E-state index contributed by atoms with van der Waals surface area (Å²) in [4.78, 5) is 29.3. The van der Waals surface area contributed by atoms with Crippen LogP contribution < -0.4 is 17.3 Å². The van der Waals surface area contributed by atoms with Crippen molar-refractivity contribution in [3.63, 3.8) is 0 Å². The summed E-state index contributed by atoms with van der Waals surface area (Å²) in [6, 6.07) is -0.155. The van der Waals surface area contributed by atoms with E-state index in [0.717, 1.165) is 30.8 Å². The predicted molar refractivity (Wildman–Crippen MR) is 140 cm³/mol. The molecule has 1 rings (SSSR count). The van der Waals surface area contributed by atoms with Gasteiger partial charge in [0.25, 0.3) is 0 Å². The van der Waals surface area contributed by atoms with Crippen molar-refractivity contribution in [1.82, 2.24) is 9.80 Å². The molecule has 1 heterocycles. The summed E-state index contributed by atoms with van der Waals surface area (Å²) in [5, 5.41) is 0. The molecule has 1 aliphatic rings. The van der Waals surface area contributed by atoms with E-state index in [1.54, 1.807) is 7.05 Å². The third-order valence-corrected chi connectivity index (χ3v) is 7.16. The van der Waals surface area contributed by atoms with Crippen molar-refractivity contribution < 1.29 is 26.9 Å². The topological polar surface area (TPSA) is 45.1 Å². The molecule has 0 aromatic heterocycles. The Hall–Kier alpha value is -0.810. The number of quaternary nitrogens is 1. The second-order valence-corrected chi connectivity index (χ2v) is 10.3. The van der Waals surface area contributed by atoms with Gasteiger partial charge in [-0.2, -0.15) is 0 Å². The Morgan fingerprint density at radius 1 is 0.618 bits per heavy atom. The molecule has 4 amide bonds. The monoisotopic (exact) mass is 501 g/mol. The van der Waals surface area contributed by atoms with E-state index in [9.17, 15) is 9.59 Å². The second kappa shape index (κ2) is 22.6. The molecule has 34 heavy (non-hydrogen) atoms. The van der Waals surface area contributed by atoms with Crippen molar-refractivity contribution in [2.45, 2.75) is 142 Å². The van der Waals surface area contributed by atoms with Crippen LogP contribution in [-0.2, 0) is 0 Å². The van der Waals surface area contributed by atoms with Gasteiger partial charge in [0.1, 0.15) is 0 Å². The summed E-state index contributed by atoms with van der Waals surface area (Å²) in [6.07, 6.45) is 26.0. The van der Waals surface area contributed by atoms with Gasteiger partial charge in [0.05, 0.1) is 6.54 Å². The fourth-order valence-electron chi connectivity index (χ4n) is 4.88. The Bertz CT molecular complexity index is 462. The first kappa shape index (κ1) is 33.2. The maximum atomic E-state index is 12.6. The van der Waals surface area contributed by atoms with Crippen molar-refractivity contribution in [3.8, 4) is 0 Å². The van der Waals surface area contributed by atoms with Crippen molar-refractivity contribution in [3.05, 3.63) is 0 Å². The van der Waals surface area contributed by atoms with Crippen LogP contribution in [-0.4, -0.2) is 48.7 Å². The summed E-state index contributed by atoms with van der Waals surface area (Å²) < 4.78 is 0. The van der Waals surface area contributed by atoms with Gasteiger partial charge in [-0.05, 0) is 19.3 Å². The van der Waals surface area contributed by atoms with Gasteiger partial charge >= 0.3 is 12.1 Å². The second-order valence-electron chi connectivity index (χ2n) is 10.3. The molecule has 1 saturated heterocycles. The number of rotatable bonds is 22. The highest BCUT2D eigenvalue weighted by Gasteiger charge is 2.38. The smallest absolute Gasteiger partial charge is 0.426 e. The number of carbonyl (C=O) groups excluding carboxylic acids is 2. The standard InChI is InChI=1S/C28H55N3O2.ClH/c1-4-6-8-10-12-14-16-18-20-22-24-30-26-31(28(33)29(3)27(30)32)25-23-21-19-17-15-13-11-9-7-5-2;/h4-26H2,1-3H3;1H. The number of nitrogens with one attached hydrogen (secondary N) is 1. The number of urea groups is 2. The van der Waals surface area contributed by atoms with Crippen LogP contribution >= 0.6 is 0 Å². The van der Waals surface area contributed by atoms with Gasteiger partial charge in [-0.15, -0.1) is 0 Å². The number of nitrogens with zero attached hydrogens (tertiary/aromatic N) is 2. The lowest BCUT2D eigenvalue weighted by molar-refractivity contribution is -0.833. The quantitative estimate of drug-likeness (QED) is 0.226. The van der Waals surface area contributed by atoms with Gasteiger partial charge in [0.2, 0.25) is 0 Å². The summed E-state index contributed by atoms with van der Waals surface area (Å²) in [5.74, 6) is 0. The molecule has 0 aromatic carbocycles. The number of imide groups is 1. The lowest BCUT2D eigenvalue weighted by Crippen LogP contribution is -3.19. The van der Waals surface area contributed by atoms with Gasteiger partial charge in [-0.3, -0.25) is 4.90 Å². The van der Waals surface area contributed by atoms with E-state index in [2.05, 4.69) is 13.8 Å². The number of halogens is 1. The molecule has 0 aliphatic carbocycles. The molecule has 1 unspecified atom stereocenters. The third kappa shape index (κ3) is 15.2. The van der Waals surface area contributed by atoms with E-state index < -0.39 is 0 Å². The van der Waals surface area contributed by atoms with E-state index in [-0.39, 0.29) is 24.5 Å². The highest BCUT2D eigenvalue weighted by Crippen LogP contribution is 2.12. The number of carbonyl (C=O) groups is 2. The maximum Gasteiger partial charge on any atom is 0.426 e. The molecule has 1 atom stereocenters. The summed E-state index contributed by atoms with van der Waals surface area (Å²) in [6.45, 7) is 6.71. The zero-order chi connectivity index (χ0) is 24.2. The first-order valence-electron chi connectivity index (χ1n) is 14.5. The molecule has 5 nitrogen and oxygen atoms in total. The summed E-state index contributed by atoms with van der Waals surface area (Å²) >= 11 is 0. The Kier molecular flexibility index (Phi) is 22.1. The molecule has 1 N–H and O–H groups in total. The largest absolute Gasteiger partial charge is 1.00 e. The van der Waals surface area contributed by atoms with Gasteiger partial charge < -0.3 is 12.4 Å². The lowest BCUT2D eigenvalue weighted by Gasteiger charge is -2.35. The Morgan fingerprint density at radius 2 is 1.00 bits per heavy atom. The Morgan fingerprint density at radius 3 is 1.44 bits per heavy atom. The van der Waals surface area contributed by atoms with Crippen LogP contribution in [0.3, 0.4) is 0 Å². The van der Waals surface area contributed by atoms with Crippen molar-refractivity contribution in [2.75, 3.05) is 26.8 Å². The normalized spacial score (nSPS) is 16.3. The molecule has 6 heteroatoms. The number of hydrogen-bond donors (Lipinski definition) is 1. The molecule has 0 spiro atoms. The molecule has 0 radical (unpaired) electrons. The lowest BCUT2D eigenvalue weighted by atomic mass is 10.1. The van der Waals surface area contributed by atoms with Crippen molar-refractivity contribution >= 4 is 12.1 Å². The maximum absolute atomic E-state index is 12.6. The van der Waals surface area contributed by atoms with Crippen LogP contribution in [0, 0.1) is 0 Å². The van der Waals surface area contributed by atoms with Gasteiger partial charge in [-0.25, -0.2) is 19.4 Å². The average Bonchev–Trinajstić information content (AvgIpc) is 2.82. The fraction of sp³-hybridized carbons (Fsp3) is 0.929. The Labute approximate surface area is 217 Å². The van der Waals surface area contributed by atoms with E-state index in [4.69, 9.17) is 0 Å². The van der Waals surface area contributed by atoms with Gasteiger partial charge in [-0.1, -0.05) is 123 Å². The van der Waals surface area contributed by atoms with E-state index in [1.807, 2.05) is 4.90 Å². The molecule has 1 aliphatic heterocycles. The average molecular weight is 502 g/mol. The molecular weight excluding hydrogens is 446 g/mol. The van der Waals surface area contributed by atoms with E-state index in [1.165, 1.54) is 120 Å². The highest BCUT2D eigenvalue weighted by atomic mass is 35.5. The summed E-state index contributed by atoms with van der Waals surface area (Å²) in [7, 11) is 1.65. The number of hydrogen-bond acceptors (Lipinski definition) is 2. The minimum absolute atomic E-state index is 0. The predicted octanol–water partition coefficient (Wildman–Crippen LogP) is 4.16. The van der Waals surface area contributed by atoms with Crippen molar-refractivity contribution in [1.29, 1.82) is 0 Å². The SMILES string of the molecule is CCCCCCCCCCCCN1C[NH+](CCCCCCCCCCCC)C(=O)N(C)C1=O.[Cl-]. The van der Waals surface area contributed by atoms with Crippen LogP contribution in [0.2, 0.25) is 0 Å². The third-order valence-electron chi connectivity index (χ3n) is 7.16. The van der Waals surface area contributed by atoms with E-state index in [0.29, 0.717) is 6.67 Å². The summed E-state index contributed by atoms with van der Waals surface area (Å²) in [5.41, 5.74) is 0. The van der Waals surface area contributed by atoms with Crippen LogP contribution in [0.15, 0.2) is 0 Å². The molecular formula is C28H56ClN3O2. The Balaban J connectivity index is 0.0000109. The van der Waals surface area contributed by atoms with Crippen LogP contribution in [0.25, 0.3) is 0 Å². The minimum atomic E-state index is -0.109. The highest BCUT2D eigenvalue weighted by molar-refractivity contribution is 5.90. The van der Waals surface area contributed by atoms with E-state index >= 15 is 0 Å².